The molecule has 1 aromatic carbocycles. The molecule has 116 valence electrons. The smallest absolute Gasteiger partial charge is 0.260 e. The molecule has 4 nitrogen and oxygen atoms in total. The lowest BCUT2D eigenvalue weighted by Crippen LogP contribution is -2.49. The number of carbonyl (C=O) groups is 1. The molecule has 2 unspecified atom stereocenters. The Morgan fingerprint density at radius 2 is 1.76 bits per heavy atom. The molecule has 7 heteroatoms. The standard InChI is InChI=1S/C14H16Cl3NO3/c1-8-5-18(6-9(2)21-8)14(19)7-20-13-4-11(16)10(15)3-12(13)17/h3-4,8-9H,5-7H2,1-2H3. The molecule has 2 atom stereocenters. The van der Waals surface area contributed by atoms with Gasteiger partial charge in [0, 0.05) is 19.2 Å². The van der Waals surface area contributed by atoms with E-state index < -0.39 is 0 Å². The lowest BCUT2D eigenvalue weighted by molar-refractivity contribution is -0.145. The van der Waals surface area contributed by atoms with E-state index in [0.29, 0.717) is 33.9 Å². The number of hydrogen-bond acceptors (Lipinski definition) is 3. The van der Waals surface area contributed by atoms with Crippen LogP contribution in [0.1, 0.15) is 13.8 Å². The molecule has 0 bridgehead atoms. The minimum absolute atomic E-state index is 0.0197. The third-order valence-electron chi connectivity index (χ3n) is 3.10. The predicted molar refractivity (Wildman–Crippen MR) is 83.6 cm³/mol. The van der Waals surface area contributed by atoms with Crippen molar-refractivity contribution in [2.75, 3.05) is 19.7 Å². The monoisotopic (exact) mass is 351 g/mol. The van der Waals surface area contributed by atoms with Gasteiger partial charge in [-0.1, -0.05) is 34.8 Å². The van der Waals surface area contributed by atoms with Gasteiger partial charge in [-0.05, 0) is 19.9 Å². The highest BCUT2D eigenvalue weighted by Crippen LogP contribution is 2.33. The zero-order valence-electron chi connectivity index (χ0n) is 11.7. The molecule has 2 rings (SSSR count). The second-order valence-corrected chi connectivity index (χ2v) is 6.26. The number of carbonyl (C=O) groups excluding carboxylic acids is 1. The first-order chi connectivity index (χ1) is 9.86. The summed E-state index contributed by atoms with van der Waals surface area (Å²) in [7, 11) is 0. The summed E-state index contributed by atoms with van der Waals surface area (Å²) in [4.78, 5) is 13.9. The van der Waals surface area contributed by atoms with Gasteiger partial charge in [-0.2, -0.15) is 0 Å². The number of benzene rings is 1. The Morgan fingerprint density at radius 3 is 2.38 bits per heavy atom. The maximum atomic E-state index is 12.2. The Bertz CT molecular complexity index is 528. The third kappa shape index (κ3) is 4.39. The van der Waals surface area contributed by atoms with Gasteiger partial charge in [0.25, 0.3) is 5.91 Å². The third-order valence-corrected chi connectivity index (χ3v) is 4.12. The van der Waals surface area contributed by atoms with Gasteiger partial charge >= 0.3 is 0 Å². The number of halogens is 3. The molecule has 1 aliphatic heterocycles. The summed E-state index contributed by atoms with van der Waals surface area (Å²) in [6.45, 7) is 4.89. The molecule has 0 N–H and O–H groups in total. The quantitative estimate of drug-likeness (QED) is 0.779. The molecule has 0 saturated carbocycles. The van der Waals surface area contributed by atoms with Crippen molar-refractivity contribution in [3.8, 4) is 5.75 Å². The van der Waals surface area contributed by atoms with Crippen LogP contribution in [0.2, 0.25) is 15.1 Å². The number of amides is 1. The first kappa shape index (κ1) is 16.7. The normalized spacial score (nSPS) is 22.2. The van der Waals surface area contributed by atoms with E-state index in [1.807, 2.05) is 13.8 Å². The van der Waals surface area contributed by atoms with Crippen molar-refractivity contribution in [3.05, 3.63) is 27.2 Å². The van der Waals surface area contributed by atoms with Crippen molar-refractivity contribution in [2.45, 2.75) is 26.1 Å². The summed E-state index contributed by atoms with van der Waals surface area (Å²) >= 11 is 17.8. The predicted octanol–water partition coefficient (Wildman–Crippen LogP) is 3.66. The second kappa shape index (κ2) is 7.05. The zero-order valence-corrected chi connectivity index (χ0v) is 14.0. The van der Waals surface area contributed by atoms with Crippen molar-refractivity contribution in [3.63, 3.8) is 0 Å². The molecule has 0 aliphatic carbocycles. The van der Waals surface area contributed by atoms with Crippen LogP contribution >= 0.6 is 34.8 Å². The number of morpholine rings is 1. The van der Waals surface area contributed by atoms with Crippen molar-refractivity contribution in [1.29, 1.82) is 0 Å². The fourth-order valence-electron chi connectivity index (χ4n) is 2.23. The average Bonchev–Trinajstić information content (AvgIpc) is 2.40. The molecular weight excluding hydrogens is 337 g/mol. The molecule has 1 fully saturated rings. The van der Waals surface area contributed by atoms with Crippen LogP contribution in [0, 0.1) is 0 Å². The van der Waals surface area contributed by atoms with E-state index in [9.17, 15) is 4.79 Å². The van der Waals surface area contributed by atoms with Crippen LogP contribution in [-0.2, 0) is 9.53 Å². The number of ether oxygens (including phenoxy) is 2. The summed E-state index contributed by atoms with van der Waals surface area (Å²) in [5, 5.41) is 0.995. The van der Waals surface area contributed by atoms with Gasteiger partial charge in [0.2, 0.25) is 0 Å². The SMILES string of the molecule is CC1CN(C(=O)COc2cc(Cl)c(Cl)cc2Cl)CC(C)O1. The van der Waals surface area contributed by atoms with E-state index >= 15 is 0 Å². The van der Waals surface area contributed by atoms with Gasteiger partial charge in [0.15, 0.2) is 6.61 Å². The first-order valence-corrected chi connectivity index (χ1v) is 7.70. The highest BCUT2D eigenvalue weighted by atomic mass is 35.5. The van der Waals surface area contributed by atoms with E-state index in [-0.39, 0.29) is 24.7 Å². The summed E-state index contributed by atoms with van der Waals surface area (Å²) < 4.78 is 11.0. The van der Waals surface area contributed by atoms with Gasteiger partial charge in [-0.25, -0.2) is 0 Å². The number of rotatable bonds is 3. The summed E-state index contributed by atoms with van der Waals surface area (Å²) in [5.74, 6) is 0.230. The Labute approximate surface area is 138 Å². The zero-order chi connectivity index (χ0) is 15.6. The van der Waals surface area contributed by atoms with Gasteiger partial charge in [0.1, 0.15) is 5.75 Å². The Morgan fingerprint density at radius 1 is 1.19 bits per heavy atom. The second-order valence-electron chi connectivity index (χ2n) is 5.04. The molecule has 1 aromatic rings. The Hall–Kier alpha value is -0.680. The van der Waals surface area contributed by atoms with E-state index in [0.717, 1.165) is 0 Å². The van der Waals surface area contributed by atoms with Crippen molar-refractivity contribution in [2.24, 2.45) is 0 Å². The molecule has 1 saturated heterocycles. The van der Waals surface area contributed by atoms with E-state index in [4.69, 9.17) is 44.3 Å². The molecule has 0 aromatic heterocycles. The highest BCUT2D eigenvalue weighted by molar-refractivity contribution is 6.43. The van der Waals surface area contributed by atoms with Crippen molar-refractivity contribution in [1.82, 2.24) is 4.90 Å². The van der Waals surface area contributed by atoms with Crippen molar-refractivity contribution >= 4 is 40.7 Å². The van der Waals surface area contributed by atoms with Gasteiger partial charge < -0.3 is 14.4 Å². The molecular formula is C14H16Cl3NO3. The van der Waals surface area contributed by atoms with E-state index in [2.05, 4.69) is 0 Å². The maximum Gasteiger partial charge on any atom is 0.260 e. The van der Waals surface area contributed by atoms with Crippen LogP contribution in [0.3, 0.4) is 0 Å². The molecule has 1 aliphatic rings. The Kier molecular flexibility index (Phi) is 5.60. The minimum Gasteiger partial charge on any atom is -0.482 e. The minimum atomic E-state index is -0.112. The molecule has 21 heavy (non-hydrogen) atoms. The maximum absolute atomic E-state index is 12.2. The lowest BCUT2D eigenvalue weighted by Gasteiger charge is -2.35. The lowest BCUT2D eigenvalue weighted by atomic mass is 10.2. The van der Waals surface area contributed by atoms with Crippen LogP contribution in [0.25, 0.3) is 0 Å². The molecule has 1 amide bonds. The molecule has 0 radical (unpaired) electrons. The van der Waals surface area contributed by atoms with Gasteiger partial charge in [-0.3, -0.25) is 4.79 Å². The van der Waals surface area contributed by atoms with Crippen LogP contribution in [-0.4, -0.2) is 42.7 Å². The largest absolute Gasteiger partial charge is 0.482 e. The number of hydrogen-bond donors (Lipinski definition) is 0. The summed E-state index contributed by atoms with van der Waals surface area (Å²) in [6, 6.07) is 2.99. The average molecular weight is 353 g/mol. The highest BCUT2D eigenvalue weighted by Gasteiger charge is 2.26. The molecule has 0 spiro atoms. The summed E-state index contributed by atoms with van der Waals surface area (Å²) in [5.41, 5.74) is 0. The Balaban J connectivity index is 1.96. The van der Waals surface area contributed by atoms with Gasteiger partial charge in [0.05, 0.1) is 27.3 Å². The summed E-state index contributed by atoms with van der Waals surface area (Å²) in [6.07, 6.45) is 0.0394. The van der Waals surface area contributed by atoms with Crippen LogP contribution < -0.4 is 4.74 Å². The van der Waals surface area contributed by atoms with E-state index in [1.165, 1.54) is 12.1 Å². The van der Waals surface area contributed by atoms with Crippen LogP contribution in [0.5, 0.6) is 5.75 Å². The van der Waals surface area contributed by atoms with E-state index in [1.54, 1.807) is 4.90 Å². The topological polar surface area (TPSA) is 38.8 Å². The van der Waals surface area contributed by atoms with Crippen LogP contribution in [0.15, 0.2) is 12.1 Å². The first-order valence-electron chi connectivity index (χ1n) is 6.57. The number of nitrogens with zero attached hydrogens (tertiary/aromatic N) is 1. The fourth-order valence-corrected chi connectivity index (χ4v) is 2.82. The molecule has 1 heterocycles. The van der Waals surface area contributed by atoms with Gasteiger partial charge in [-0.15, -0.1) is 0 Å². The van der Waals surface area contributed by atoms with Crippen LogP contribution in [0.4, 0.5) is 0 Å². The fraction of sp³-hybridized carbons (Fsp3) is 0.500. The van der Waals surface area contributed by atoms with Crippen molar-refractivity contribution < 1.29 is 14.3 Å².